The van der Waals surface area contributed by atoms with E-state index in [4.69, 9.17) is 9.72 Å². The molecule has 8 heteroatoms. The minimum absolute atomic E-state index is 0.00353. The summed E-state index contributed by atoms with van der Waals surface area (Å²) in [7, 11) is 0. The third-order valence-corrected chi connectivity index (χ3v) is 7.87. The van der Waals surface area contributed by atoms with Crippen molar-refractivity contribution < 1.29 is 17.9 Å². The Balaban J connectivity index is 1.25. The van der Waals surface area contributed by atoms with Gasteiger partial charge in [-0.25, -0.2) is 4.98 Å². The van der Waals surface area contributed by atoms with Crippen LogP contribution in [0, 0.1) is 24.7 Å². The van der Waals surface area contributed by atoms with Crippen molar-refractivity contribution in [1.29, 1.82) is 0 Å². The fourth-order valence-electron chi connectivity index (χ4n) is 5.81. The summed E-state index contributed by atoms with van der Waals surface area (Å²) in [5.41, 5.74) is 0.394. The molecule has 2 saturated carbocycles. The predicted molar refractivity (Wildman–Crippen MR) is 113 cm³/mol. The van der Waals surface area contributed by atoms with Crippen LogP contribution in [0.1, 0.15) is 48.8 Å². The lowest BCUT2D eigenvalue weighted by Crippen LogP contribution is -2.39. The van der Waals surface area contributed by atoms with Crippen LogP contribution >= 0.6 is 0 Å². The van der Waals surface area contributed by atoms with E-state index in [1.807, 2.05) is 6.20 Å². The van der Waals surface area contributed by atoms with Crippen LogP contribution in [0.2, 0.25) is 0 Å². The summed E-state index contributed by atoms with van der Waals surface area (Å²) in [6.07, 6.45) is 4.72. The van der Waals surface area contributed by atoms with Crippen molar-refractivity contribution in [2.24, 2.45) is 17.8 Å². The van der Waals surface area contributed by atoms with E-state index in [0.717, 1.165) is 51.4 Å². The molecule has 2 aliphatic heterocycles. The normalized spacial score (nSPS) is 28.8. The third kappa shape index (κ3) is 3.75. The van der Waals surface area contributed by atoms with Crippen molar-refractivity contribution >= 4 is 0 Å². The van der Waals surface area contributed by atoms with Crippen molar-refractivity contribution in [2.45, 2.75) is 57.3 Å². The Hall–Kier alpha value is -1.93. The number of halogens is 3. The summed E-state index contributed by atoms with van der Waals surface area (Å²) in [6.45, 7) is 5.35. The first kappa shape index (κ1) is 20.7. The van der Waals surface area contributed by atoms with E-state index in [1.165, 1.54) is 32.0 Å². The van der Waals surface area contributed by atoms with Gasteiger partial charge in [0.05, 0.1) is 11.3 Å². The highest BCUT2D eigenvalue weighted by molar-refractivity contribution is 5.59. The second-order valence-electron chi connectivity index (χ2n) is 10.1. The molecule has 3 atom stereocenters. The zero-order valence-electron chi connectivity index (χ0n) is 18.3. The monoisotopic (exact) mass is 446 g/mol. The van der Waals surface area contributed by atoms with Gasteiger partial charge in [0.2, 0.25) is 0 Å². The van der Waals surface area contributed by atoms with Gasteiger partial charge < -0.3 is 9.30 Å². The predicted octanol–water partition coefficient (Wildman–Crippen LogP) is 4.51. The number of hydrogen-bond acceptors (Lipinski definition) is 4. The van der Waals surface area contributed by atoms with Crippen molar-refractivity contribution in [3.63, 3.8) is 0 Å². The molecule has 0 amide bonds. The highest BCUT2D eigenvalue weighted by Gasteiger charge is 2.58. The van der Waals surface area contributed by atoms with Gasteiger partial charge in [-0.05, 0) is 56.4 Å². The van der Waals surface area contributed by atoms with Crippen LogP contribution in [0.5, 0.6) is 0 Å². The molecular formula is C24H29F3N4O. The van der Waals surface area contributed by atoms with Gasteiger partial charge in [-0.15, -0.1) is 0 Å². The van der Waals surface area contributed by atoms with E-state index in [1.54, 1.807) is 0 Å². The van der Waals surface area contributed by atoms with E-state index in [2.05, 4.69) is 14.5 Å². The maximum absolute atomic E-state index is 13.4. The maximum atomic E-state index is 13.4. The number of fused-ring (bicyclic) bond motifs is 1. The van der Waals surface area contributed by atoms with Crippen molar-refractivity contribution in [3.05, 3.63) is 35.5 Å². The Labute approximate surface area is 186 Å². The van der Waals surface area contributed by atoms with Crippen LogP contribution in [-0.4, -0.2) is 51.8 Å². The van der Waals surface area contributed by atoms with E-state index in [0.29, 0.717) is 41.1 Å². The molecule has 2 aliphatic carbocycles. The molecule has 4 heterocycles. The average molecular weight is 447 g/mol. The summed E-state index contributed by atoms with van der Waals surface area (Å²) in [6, 6.07) is 2.28. The molecule has 2 aromatic heterocycles. The minimum atomic E-state index is -4.41. The van der Waals surface area contributed by atoms with Gasteiger partial charge in [0, 0.05) is 68.5 Å². The minimum Gasteiger partial charge on any atom is -0.381 e. The molecule has 0 bridgehead atoms. The van der Waals surface area contributed by atoms with E-state index in [-0.39, 0.29) is 5.69 Å². The molecule has 0 spiro atoms. The molecule has 4 fully saturated rings. The fraction of sp³-hybridized carbons (Fsp3) is 0.667. The molecule has 4 aliphatic rings. The van der Waals surface area contributed by atoms with Crippen molar-refractivity contribution in [1.82, 2.24) is 19.4 Å². The van der Waals surface area contributed by atoms with Crippen molar-refractivity contribution in [2.75, 3.05) is 26.3 Å². The second-order valence-corrected chi connectivity index (χ2v) is 10.1. The van der Waals surface area contributed by atoms with Crippen LogP contribution in [0.4, 0.5) is 13.2 Å². The van der Waals surface area contributed by atoms with Crippen LogP contribution in [0.3, 0.4) is 0 Å². The van der Waals surface area contributed by atoms with E-state index >= 15 is 0 Å². The Kier molecular flexibility index (Phi) is 4.88. The molecule has 0 N–H and O–H groups in total. The SMILES string of the molecule is Cc1ncc(-c2cn(C3[C@H]4CN(C5CCOCC5)C[C@@H]34)c(CC3CC3)n2)cc1C(F)(F)F. The van der Waals surface area contributed by atoms with Gasteiger partial charge in [0.1, 0.15) is 5.82 Å². The summed E-state index contributed by atoms with van der Waals surface area (Å²) in [5, 5.41) is 0. The molecular weight excluding hydrogens is 417 g/mol. The zero-order chi connectivity index (χ0) is 22.0. The Morgan fingerprint density at radius 3 is 2.47 bits per heavy atom. The lowest BCUT2D eigenvalue weighted by Gasteiger charge is -2.32. The largest absolute Gasteiger partial charge is 0.418 e. The highest BCUT2D eigenvalue weighted by Crippen LogP contribution is 2.57. The van der Waals surface area contributed by atoms with Gasteiger partial charge in [0.25, 0.3) is 0 Å². The summed E-state index contributed by atoms with van der Waals surface area (Å²) in [5.74, 6) is 2.95. The fourth-order valence-corrected chi connectivity index (χ4v) is 5.81. The lowest BCUT2D eigenvalue weighted by molar-refractivity contribution is -0.138. The number of ether oxygens (including phenoxy) is 1. The highest BCUT2D eigenvalue weighted by atomic mass is 19.4. The Bertz CT molecular complexity index is 997. The average Bonchev–Trinajstić information content (AvgIpc) is 3.61. The van der Waals surface area contributed by atoms with Crippen LogP contribution in [0.15, 0.2) is 18.5 Å². The number of hydrogen-bond donors (Lipinski definition) is 0. The van der Waals surface area contributed by atoms with Crippen LogP contribution in [0.25, 0.3) is 11.3 Å². The molecule has 172 valence electrons. The smallest absolute Gasteiger partial charge is 0.381 e. The lowest BCUT2D eigenvalue weighted by atomic mass is 10.1. The molecule has 2 aromatic rings. The number of aryl methyl sites for hydroxylation is 1. The molecule has 0 radical (unpaired) electrons. The zero-order valence-corrected chi connectivity index (χ0v) is 18.3. The molecule has 6 rings (SSSR count). The number of pyridine rings is 1. The number of likely N-dealkylation sites (tertiary alicyclic amines) is 1. The van der Waals surface area contributed by atoms with Crippen LogP contribution in [-0.2, 0) is 17.3 Å². The van der Waals surface area contributed by atoms with E-state index in [9.17, 15) is 13.2 Å². The van der Waals surface area contributed by atoms with Crippen LogP contribution < -0.4 is 0 Å². The van der Waals surface area contributed by atoms with Gasteiger partial charge in [-0.1, -0.05) is 0 Å². The molecule has 1 unspecified atom stereocenters. The van der Waals surface area contributed by atoms with Gasteiger partial charge in [-0.2, -0.15) is 13.2 Å². The Morgan fingerprint density at radius 1 is 1.09 bits per heavy atom. The third-order valence-electron chi connectivity index (χ3n) is 7.87. The molecule has 2 saturated heterocycles. The second kappa shape index (κ2) is 7.55. The first-order chi connectivity index (χ1) is 15.4. The number of nitrogens with zero attached hydrogens (tertiary/aromatic N) is 4. The summed E-state index contributed by atoms with van der Waals surface area (Å²) in [4.78, 5) is 11.5. The standard InChI is InChI=1S/C24H29F3N4O/c1-14-20(24(25,26)27)9-16(10-28-14)21-13-31(22(29-21)8-15-2-3-15)23-18-11-30(12-19(18)23)17-4-6-32-7-5-17/h9-10,13,15,17-19,23H,2-8,11-12H2,1H3/t18-,19+,23?. The number of rotatable bonds is 5. The number of alkyl halides is 3. The first-order valence-electron chi connectivity index (χ1n) is 11.8. The number of imidazole rings is 1. The summed E-state index contributed by atoms with van der Waals surface area (Å²) >= 11 is 0. The summed E-state index contributed by atoms with van der Waals surface area (Å²) < 4.78 is 48.1. The molecule has 0 aromatic carbocycles. The van der Waals surface area contributed by atoms with Gasteiger partial charge >= 0.3 is 6.18 Å². The topological polar surface area (TPSA) is 43.2 Å². The quantitative estimate of drug-likeness (QED) is 0.678. The first-order valence-corrected chi connectivity index (χ1v) is 11.8. The molecule has 5 nitrogen and oxygen atoms in total. The van der Waals surface area contributed by atoms with Crippen molar-refractivity contribution in [3.8, 4) is 11.3 Å². The number of piperidine rings is 1. The van der Waals surface area contributed by atoms with Gasteiger partial charge in [-0.3, -0.25) is 9.88 Å². The maximum Gasteiger partial charge on any atom is 0.418 e. The Morgan fingerprint density at radius 2 is 1.81 bits per heavy atom. The van der Waals surface area contributed by atoms with Gasteiger partial charge in [0.15, 0.2) is 0 Å². The van der Waals surface area contributed by atoms with E-state index < -0.39 is 11.7 Å². The molecule has 32 heavy (non-hydrogen) atoms. The number of aromatic nitrogens is 3.